The Hall–Kier alpha value is -2.28. The molecule has 0 aromatic rings. The number of ether oxygens (including phenoxy) is 3. The van der Waals surface area contributed by atoms with E-state index in [4.69, 9.17) is 14.2 Å². The summed E-state index contributed by atoms with van der Waals surface area (Å²) in [5, 5.41) is 0. The second-order valence-electron chi connectivity index (χ2n) is 7.25. The van der Waals surface area contributed by atoms with E-state index in [1.165, 1.54) is 12.2 Å². The number of hydrogen-bond acceptors (Lipinski definition) is 7. The fourth-order valence-electron chi connectivity index (χ4n) is 5.16. The highest BCUT2D eigenvalue weighted by Gasteiger charge is 2.78. The number of ketones is 2. The van der Waals surface area contributed by atoms with Crippen LogP contribution in [-0.4, -0.2) is 49.9 Å². The molecule has 0 amide bonds. The van der Waals surface area contributed by atoms with E-state index in [1.807, 2.05) is 0 Å². The minimum atomic E-state index is -1.60. The number of esters is 2. The van der Waals surface area contributed by atoms with Crippen molar-refractivity contribution in [1.29, 1.82) is 0 Å². The van der Waals surface area contributed by atoms with Crippen molar-refractivity contribution >= 4 is 23.5 Å². The van der Waals surface area contributed by atoms with E-state index >= 15 is 0 Å². The lowest BCUT2D eigenvalue weighted by atomic mass is 9.61. The molecule has 2 unspecified atom stereocenters. The first kappa shape index (κ1) is 17.1. The van der Waals surface area contributed by atoms with Crippen LogP contribution in [0.25, 0.3) is 0 Å². The summed E-state index contributed by atoms with van der Waals surface area (Å²) in [7, 11) is 0. The number of allylic oxidation sites excluding steroid dienone is 3. The van der Waals surface area contributed by atoms with Crippen LogP contribution in [0.3, 0.4) is 0 Å². The normalized spacial score (nSPS) is 33.3. The van der Waals surface area contributed by atoms with Crippen molar-refractivity contribution in [2.24, 2.45) is 16.2 Å². The van der Waals surface area contributed by atoms with Crippen LogP contribution < -0.4 is 0 Å². The Morgan fingerprint density at radius 2 is 1.58 bits per heavy atom. The van der Waals surface area contributed by atoms with Gasteiger partial charge in [-0.05, 0) is 50.0 Å². The van der Waals surface area contributed by atoms with Gasteiger partial charge in [0.15, 0.2) is 17.0 Å². The molecule has 0 N–H and O–H groups in total. The van der Waals surface area contributed by atoms with Crippen molar-refractivity contribution in [3.8, 4) is 0 Å². The summed E-state index contributed by atoms with van der Waals surface area (Å²) in [6, 6.07) is 0. The first-order chi connectivity index (χ1) is 12.4. The van der Waals surface area contributed by atoms with Gasteiger partial charge in [-0.15, -0.1) is 0 Å². The second-order valence-corrected chi connectivity index (χ2v) is 7.25. The van der Waals surface area contributed by atoms with Crippen LogP contribution in [0, 0.1) is 16.2 Å². The zero-order chi connectivity index (χ0) is 18.7. The number of rotatable bonds is 4. The predicted octanol–water partition coefficient (Wildman–Crippen LogP) is 0.914. The molecular formula is C19H20O7. The Morgan fingerprint density at radius 3 is 2.19 bits per heavy atom. The lowest BCUT2D eigenvalue weighted by molar-refractivity contribution is -0.173. The molecule has 26 heavy (non-hydrogen) atoms. The van der Waals surface area contributed by atoms with Gasteiger partial charge < -0.3 is 14.2 Å². The molecule has 0 bridgehead atoms. The molecular weight excluding hydrogens is 340 g/mol. The van der Waals surface area contributed by atoms with E-state index < -0.39 is 28.2 Å². The van der Waals surface area contributed by atoms with Gasteiger partial charge in [-0.2, -0.15) is 0 Å². The molecule has 4 aliphatic rings. The summed E-state index contributed by atoms with van der Waals surface area (Å²) in [5.41, 5.74) is -2.78. The van der Waals surface area contributed by atoms with Gasteiger partial charge in [-0.3, -0.25) is 19.2 Å². The minimum absolute atomic E-state index is 0.0367. The molecule has 1 saturated carbocycles. The average Bonchev–Trinajstić information content (AvgIpc) is 3.26. The zero-order valence-corrected chi connectivity index (χ0v) is 14.8. The topological polar surface area (TPSA) is 96.0 Å². The van der Waals surface area contributed by atoms with Gasteiger partial charge >= 0.3 is 11.9 Å². The van der Waals surface area contributed by atoms with E-state index in [2.05, 4.69) is 0 Å². The molecule has 138 valence electrons. The summed E-state index contributed by atoms with van der Waals surface area (Å²) in [4.78, 5) is 51.4. The zero-order valence-electron chi connectivity index (χ0n) is 14.8. The van der Waals surface area contributed by atoms with Crippen molar-refractivity contribution in [2.75, 3.05) is 26.4 Å². The molecule has 7 heteroatoms. The first-order valence-corrected chi connectivity index (χ1v) is 8.82. The molecule has 1 aliphatic heterocycles. The number of hydrogen-bond donors (Lipinski definition) is 0. The highest BCUT2D eigenvalue weighted by molar-refractivity contribution is 6.18. The molecule has 2 spiro atoms. The van der Waals surface area contributed by atoms with E-state index in [0.29, 0.717) is 11.1 Å². The van der Waals surface area contributed by atoms with Crippen LogP contribution in [-0.2, 0) is 33.4 Å². The Kier molecular flexibility index (Phi) is 3.54. The van der Waals surface area contributed by atoms with Crippen LogP contribution in [0.4, 0.5) is 0 Å². The van der Waals surface area contributed by atoms with Crippen molar-refractivity contribution in [3.63, 3.8) is 0 Å². The Morgan fingerprint density at radius 1 is 1.00 bits per heavy atom. The highest BCUT2D eigenvalue weighted by atomic mass is 16.6. The van der Waals surface area contributed by atoms with Crippen LogP contribution in [0.15, 0.2) is 23.3 Å². The van der Waals surface area contributed by atoms with E-state index in [0.717, 1.165) is 0 Å². The Bertz CT molecular complexity index is 787. The Balaban J connectivity index is 1.86. The third kappa shape index (κ3) is 1.67. The van der Waals surface area contributed by atoms with Gasteiger partial charge in [-0.1, -0.05) is 0 Å². The molecule has 1 saturated heterocycles. The summed E-state index contributed by atoms with van der Waals surface area (Å²) in [6.45, 7) is 3.82. The second kappa shape index (κ2) is 5.36. The van der Waals surface area contributed by atoms with Crippen LogP contribution in [0.5, 0.6) is 0 Å². The van der Waals surface area contributed by atoms with Crippen LogP contribution in [0.1, 0.15) is 26.7 Å². The molecule has 4 rings (SSSR count). The van der Waals surface area contributed by atoms with Gasteiger partial charge in [-0.25, -0.2) is 0 Å². The standard InChI is InChI=1S/C19H20O7/c1-3-25-15(22)17(16(23)26-4-2)7-11-5-14(21)19-10-24-8-12(19)6-13(20)18(11,19)9-17/h5-6H,3-4,7-10H2,1-2H3. The monoisotopic (exact) mass is 360 g/mol. The smallest absolute Gasteiger partial charge is 0.323 e. The van der Waals surface area contributed by atoms with Gasteiger partial charge in [0.1, 0.15) is 0 Å². The van der Waals surface area contributed by atoms with Crippen molar-refractivity contribution in [3.05, 3.63) is 23.3 Å². The van der Waals surface area contributed by atoms with Crippen molar-refractivity contribution in [1.82, 2.24) is 0 Å². The molecule has 2 fully saturated rings. The number of carbonyl (C=O) groups is 4. The largest absolute Gasteiger partial charge is 0.465 e. The van der Waals surface area contributed by atoms with E-state index in [9.17, 15) is 19.2 Å². The maximum absolute atomic E-state index is 13.0. The maximum Gasteiger partial charge on any atom is 0.323 e. The first-order valence-electron chi connectivity index (χ1n) is 8.82. The highest BCUT2D eigenvalue weighted by Crippen LogP contribution is 2.71. The molecule has 7 nitrogen and oxygen atoms in total. The van der Waals surface area contributed by atoms with Crippen molar-refractivity contribution < 1.29 is 33.4 Å². The van der Waals surface area contributed by atoms with Crippen molar-refractivity contribution in [2.45, 2.75) is 26.7 Å². The van der Waals surface area contributed by atoms with Crippen LogP contribution >= 0.6 is 0 Å². The van der Waals surface area contributed by atoms with Gasteiger partial charge in [0, 0.05) is 0 Å². The molecule has 3 aliphatic carbocycles. The molecule has 0 radical (unpaired) electrons. The summed E-state index contributed by atoms with van der Waals surface area (Å²) in [6.07, 6.45) is 2.74. The SMILES string of the molecule is CCOC(=O)C1(C(=O)OCC)CC2=CC(=O)C34COCC3=CC(=O)C24C1. The Labute approximate surface area is 150 Å². The lowest BCUT2D eigenvalue weighted by Gasteiger charge is -2.36. The number of carbonyl (C=O) groups excluding carboxylic acids is 4. The maximum atomic E-state index is 13.0. The van der Waals surface area contributed by atoms with Gasteiger partial charge in [0.25, 0.3) is 0 Å². The summed E-state index contributed by atoms with van der Waals surface area (Å²) < 4.78 is 15.8. The summed E-state index contributed by atoms with van der Waals surface area (Å²) >= 11 is 0. The summed E-state index contributed by atoms with van der Waals surface area (Å²) in [5.74, 6) is -1.82. The third-order valence-corrected chi connectivity index (χ3v) is 6.24. The predicted molar refractivity (Wildman–Crippen MR) is 86.8 cm³/mol. The molecule has 0 aromatic carbocycles. The quantitative estimate of drug-likeness (QED) is 0.543. The molecule has 2 atom stereocenters. The minimum Gasteiger partial charge on any atom is -0.465 e. The van der Waals surface area contributed by atoms with E-state index in [-0.39, 0.29) is 50.8 Å². The van der Waals surface area contributed by atoms with Gasteiger partial charge in [0.2, 0.25) is 0 Å². The van der Waals surface area contributed by atoms with Crippen LogP contribution in [0.2, 0.25) is 0 Å². The fourth-order valence-corrected chi connectivity index (χ4v) is 5.16. The average molecular weight is 360 g/mol. The molecule has 0 aromatic heterocycles. The van der Waals surface area contributed by atoms with Gasteiger partial charge in [0.05, 0.1) is 37.3 Å². The fraction of sp³-hybridized carbons (Fsp3) is 0.579. The third-order valence-electron chi connectivity index (χ3n) is 6.24. The van der Waals surface area contributed by atoms with E-state index in [1.54, 1.807) is 13.8 Å². The lowest BCUT2D eigenvalue weighted by Crippen LogP contribution is -2.48. The molecule has 1 heterocycles.